The number of nitrogens with zero attached hydrogens (tertiary/aromatic N) is 2. The van der Waals surface area contributed by atoms with E-state index in [-0.39, 0.29) is 48.9 Å². The zero-order valence-electron chi connectivity index (χ0n) is 14.0. The minimum Gasteiger partial charge on any atom is -0.461 e. The third kappa shape index (κ3) is 3.63. The first-order valence-electron chi connectivity index (χ1n) is 8.36. The highest BCUT2D eigenvalue weighted by Crippen LogP contribution is 2.35. The van der Waals surface area contributed by atoms with Crippen LogP contribution in [0.4, 0.5) is 5.69 Å². The van der Waals surface area contributed by atoms with Crippen LogP contribution in [-0.4, -0.2) is 34.2 Å². The molecule has 0 radical (unpaired) electrons. The van der Waals surface area contributed by atoms with E-state index in [0.717, 1.165) is 4.90 Å². The van der Waals surface area contributed by atoms with Crippen molar-refractivity contribution < 1.29 is 24.0 Å². The molecule has 0 N–H and O–H groups in total. The van der Waals surface area contributed by atoms with Crippen LogP contribution in [0.3, 0.4) is 0 Å². The maximum atomic E-state index is 12.3. The smallest absolute Gasteiger partial charge is 0.307 e. The van der Waals surface area contributed by atoms with Gasteiger partial charge in [-0.15, -0.1) is 0 Å². The second-order valence-corrected chi connectivity index (χ2v) is 6.32. The highest BCUT2D eigenvalue weighted by molar-refractivity contribution is 6.05. The van der Waals surface area contributed by atoms with Crippen molar-refractivity contribution in [1.29, 1.82) is 0 Å². The summed E-state index contributed by atoms with van der Waals surface area (Å²) in [4.78, 5) is 47.9. The van der Waals surface area contributed by atoms with Crippen LogP contribution in [0.5, 0.6) is 0 Å². The number of nitro groups is 1. The molecule has 1 aromatic carbocycles. The number of esters is 1. The molecule has 1 fully saturated rings. The number of hydrogen-bond acceptors (Lipinski definition) is 6. The number of nitro benzene ring substituents is 1. The Morgan fingerprint density at radius 1 is 1.19 bits per heavy atom. The molecule has 1 aliphatic carbocycles. The Bertz CT molecular complexity index is 762. The average Bonchev–Trinajstić information content (AvgIpc) is 2.89. The maximum Gasteiger partial charge on any atom is 0.307 e. The zero-order valence-corrected chi connectivity index (χ0v) is 14.0. The maximum absolute atomic E-state index is 12.3. The largest absolute Gasteiger partial charge is 0.461 e. The molecule has 2 unspecified atom stereocenters. The first-order chi connectivity index (χ1) is 12.5. The number of likely N-dealkylation sites (tertiary alicyclic amines) is 1. The summed E-state index contributed by atoms with van der Waals surface area (Å²) < 4.78 is 5.09. The van der Waals surface area contributed by atoms with E-state index in [4.69, 9.17) is 4.74 Å². The van der Waals surface area contributed by atoms with Gasteiger partial charge in [0.25, 0.3) is 5.69 Å². The summed E-state index contributed by atoms with van der Waals surface area (Å²) in [5.41, 5.74) is 0.418. The molecule has 1 heterocycles. The average molecular weight is 358 g/mol. The fraction of sp³-hybridized carbons (Fsp3) is 0.389. The molecule has 0 spiro atoms. The molecule has 26 heavy (non-hydrogen) atoms. The van der Waals surface area contributed by atoms with Gasteiger partial charge in [-0.2, -0.15) is 0 Å². The Morgan fingerprint density at radius 3 is 2.46 bits per heavy atom. The van der Waals surface area contributed by atoms with Gasteiger partial charge >= 0.3 is 5.97 Å². The summed E-state index contributed by atoms with van der Waals surface area (Å²) >= 11 is 0. The topological polar surface area (TPSA) is 107 Å². The molecule has 3 rings (SSSR count). The van der Waals surface area contributed by atoms with Crippen molar-refractivity contribution in [2.24, 2.45) is 11.8 Å². The van der Waals surface area contributed by atoms with Gasteiger partial charge in [0.1, 0.15) is 6.61 Å². The van der Waals surface area contributed by atoms with E-state index in [1.807, 2.05) is 12.2 Å². The number of non-ortho nitro benzene ring substituents is 1. The third-order valence-corrected chi connectivity index (χ3v) is 4.66. The molecule has 0 aromatic heterocycles. The lowest BCUT2D eigenvalue weighted by Gasteiger charge is -2.14. The lowest BCUT2D eigenvalue weighted by atomic mass is 9.85. The lowest BCUT2D eigenvalue weighted by Crippen LogP contribution is -2.33. The van der Waals surface area contributed by atoms with Crippen LogP contribution in [0.25, 0.3) is 0 Å². The zero-order chi connectivity index (χ0) is 18.7. The SMILES string of the molecule is O=C(CCN1C(=O)C2CC=CCC2C1=O)OCc1cccc([N+](=O)[O-])c1. The van der Waals surface area contributed by atoms with Crippen LogP contribution in [0.1, 0.15) is 24.8 Å². The number of carbonyl (C=O) groups excluding carboxylic acids is 3. The van der Waals surface area contributed by atoms with Gasteiger partial charge in [0.05, 0.1) is 23.2 Å². The van der Waals surface area contributed by atoms with Gasteiger partial charge in [-0.3, -0.25) is 29.4 Å². The van der Waals surface area contributed by atoms with Gasteiger partial charge < -0.3 is 4.74 Å². The molecular weight excluding hydrogens is 340 g/mol. The van der Waals surface area contributed by atoms with E-state index in [9.17, 15) is 24.5 Å². The molecule has 0 saturated carbocycles. The highest BCUT2D eigenvalue weighted by Gasteiger charge is 2.46. The van der Waals surface area contributed by atoms with Gasteiger partial charge in [0, 0.05) is 18.7 Å². The summed E-state index contributed by atoms with van der Waals surface area (Å²) in [5.74, 6) is -1.64. The van der Waals surface area contributed by atoms with Gasteiger partial charge in [0.2, 0.25) is 11.8 Å². The number of ether oxygens (including phenoxy) is 1. The molecular formula is C18H18N2O6. The molecule has 2 amide bonds. The Hall–Kier alpha value is -3.03. The van der Waals surface area contributed by atoms with Crippen LogP contribution in [0.2, 0.25) is 0 Å². The summed E-state index contributed by atoms with van der Waals surface area (Å²) in [6.45, 7) is -0.101. The normalized spacial score (nSPS) is 21.6. The fourth-order valence-corrected chi connectivity index (χ4v) is 3.29. The molecule has 2 aliphatic rings. The summed E-state index contributed by atoms with van der Waals surface area (Å²) in [6, 6.07) is 5.81. The van der Waals surface area contributed by atoms with Gasteiger partial charge in [0.15, 0.2) is 0 Å². The van der Waals surface area contributed by atoms with E-state index in [0.29, 0.717) is 18.4 Å². The van der Waals surface area contributed by atoms with Crippen molar-refractivity contribution in [1.82, 2.24) is 4.90 Å². The van der Waals surface area contributed by atoms with Crippen LogP contribution < -0.4 is 0 Å². The number of carbonyl (C=O) groups is 3. The van der Waals surface area contributed by atoms with Crippen molar-refractivity contribution >= 4 is 23.5 Å². The first-order valence-corrected chi connectivity index (χ1v) is 8.36. The van der Waals surface area contributed by atoms with E-state index in [2.05, 4.69) is 0 Å². The Kier molecular flexibility index (Phi) is 5.11. The molecule has 2 atom stereocenters. The summed E-state index contributed by atoms with van der Waals surface area (Å²) in [5, 5.41) is 10.7. The summed E-state index contributed by atoms with van der Waals surface area (Å²) in [6.07, 6.45) is 4.83. The predicted octanol–water partition coefficient (Wildman–Crippen LogP) is 1.98. The number of hydrogen-bond donors (Lipinski definition) is 0. The minimum absolute atomic E-state index is 0.00155. The van der Waals surface area contributed by atoms with Crippen molar-refractivity contribution in [3.05, 3.63) is 52.1 Å². The standard InChI is InChI=1S/C18H18N2O6/c21-16(26-11-12-4-3-5-13(10-12)20(24)25)8-9-19-17(22)14-6-1-2-7-15(14)18(19)23/h1-5,10,14-15H,6-9,11H2. The summed E-state index contributed by atoms with van der Waals surface area (Å²) in [7, 11) is 0. The Labute approximate surface area is 149 Å². The number of amides is 2. The first kappa shape index (κ1) is 17.8. The number of allylic oxidation sites excluding steroid dienone is 2. The highest BCUT2D eigenvalue weighted by atomic mass is 16.6. The van der Waals surface area contributed by atoms with E-state index >= 15 is 0 Å². The van der Waals surface area contributed by atoms with Crippen molar-refractivity contribution in [2.75, 3.05) is 6.54 Å². The van der Waals surface area contributed by atoms with Crippen LogP contribution in [0.15, 0.2) is 36.4 Å². The molecule has 1 aromatic rings. The fourth-order valence-electron chi connectivity index (χ4n) is 3.29. The minimum atomic E-state index is -0.565. The van der Waals surface area contributed by atoms with Gasteiger partial charge in [-0.25, -0.2) is 0 Å². The van der Waals surface area contributed by atoms with E-state index < -0.39 is 10.9 Å². The van der Waals surface area contributed by atoms with Gasteiger partial charge in [-0.1, -0.05) is 24.3 Å². The molecule has 0 bridgehead atoms. The molecule has 8 heteroatoms. The predicted molar refractivity (Wildman–Crippen MR) is 89.6 cm³/mol. The second kappa shape index (κ2) is 7.47. The molecule has 1 aliphatic heterocycles. The van der Waals surface area contributed by atoms with Crippen LogP contribution in [0, 0.1) is 22.0 Å². The second-order valence-electron chi connectivity index (χ2n) is 6.32. The number of benzene rings is 1. The van der Waals surface area contributed by atoms with Crippen molar-refractivity contribution in [3.8, 4) is 0 Å². The Morgan fingerprint density at radius 2 is 1.85 bits per heavy atom. The molecule has 136 valence electrons. The quantitative estimate of drug-likeness (QED) is 0.253. The van der Waals surface area contributed by atoms with Crippen LogP contribution >= 0.6 is 0 Å². The van der Waals surface area contributed by atoms with E-state index in [1.165, 1.54) is 18.2 Å². The van der Waals surface area contributed by atoms with Crippen LogP contribution in [-0.2, 0) is 25.7 Å². The third-order valence-electron chi connectivity index (χ3n) is 4.66. The Balaban J connectivity index is 1.50. The molecule has 8 nitrogen and oxygen atoms in total. The number of rotatable bonds is 6. The number of fused-ring (bicyclic) bond motifs is 1. The monoisotopic (exact) mass is 358 g/mol. The number of imide groups is 1. The van der Waals surface area contributed by atoms with Gasteiger partial charge in [-0.05, 0) is 18.4 Å². The van der Waals surface area contributed by atoms with Crippen molar-refractivity contribution in [3.63, 3.8) is 0 Å². The molecule has 1 saturated heterocycles. The van der Waals surface area contributed by atoms with E-state index in [1.54, 1.807) is 6.07 Å². The van der Waals surface area contributed by atoms with Crippen molar-refractivity contribution in [2.45, 2.75) is 25.9 Å². The lowest BCUT2D eigenvalue weighted by molar-refractivity contribution is -0.384.